The molecule has 5 heteroatoms. The molecular formula is C15H20N2O3. The van der Waals surface area contributed by atoms with E-state index in [0.717, 1.165) is 38.8 Å². The highest BCUT2D eigenvalue weighted by molar-refractivity contribution is 5.98. The number of carbonyl (C=O) groups is 1. The summed E-state index contributed by atoms with van der Waals surface area (Å²) in [7, 11) is 0. The Balaban J connectivity index is 1.83. The number of phenols is 2. The summed E-state index contributed by atoms with van der Waals surface area (Å²) >= 11 is 0. The third-order valence-corrected chi connectivity index (χ3v) is 4.37. The lowest BCUT2D eigenvalue weighted by atomic mass is 10.0. The van der Waals surface area contributed by atoms with Gasteiger partial charge in [0.15, 0.2) is 11.5 Å². The van der Waals surface area contributed by atoms with Gasteiger partial charge in [0.25, 0.3) is 5.91 Å². The van der Waals surface area contributed by atoms with Gasteiger partial charge in [-0.05, 0) is 44.4 Å². The third-order valence-electron chi connectivity index (χ3n) is 4.37. The largest absolute Gasteiger partial charge is 0.504 e. The van der Waals surface area contributed by atoms with Gasteiger partial charge < -0.3 is 20.4 Å². The first-order chi connectivity index (χ1) is 9.68. The van der Waals surface area contributed by atoms with Gasteiger partial charge in [-0.3, -0.25) is 4.79 Å². The van der Waals surface area contributed by atoms with Crippen molar-refractivity contribution in [3.63, 3.8) is 0 Å². The van der Waals surface area contributed by atoms with Crippen molar-refractivity contribution in [2.24, 2.45) is 0 Å². The summed E-state index contributed by atoms with van der Waals surface area (Å²) in [5, 5.41) is 22.9. The number of nitrogens with zero attached hydrogens (tertiary/aromatic N) is 1. The number of hydrogen-bond donors (Lipinski definition) is 3. The van der Waals surface area contributed by atoms with E-state index >= 15 is 0 Å². The van der Waals surface area contributed by atoms with Crippen LogP contribution in [0.2, 0.25) is 0 Å². The van der Waals surface area contributed by atoms with Crippen LogP contribution in [0.15, 0.2) is 18.2 Å². The summed E-state index contributed by atoms with van der Waals surface area (Å²) in [6.07, 6.45) is 4.25. The van der Waals surface area contributed by atoms with Crippen molar-refractivity contribution in [1.82, 2.24) is 10.2 Å². The van der Waals surface area contributed by atoms with Crippen LogP contribution >= 0.6 is 0 Å². The first-order valence-electron chi connectivity index (χ1n) is 7.24. The topological polar surface area (TPSA) is 72.8 Å². The number of nitrogens with one attached hydrogen (secondary N) is 1. The van der Waals surface area contributed by atoms with Crippen LogP contribution in [0.4, 0.5) is 0 Å². The fourth-order valence-electron chi connectivity index (χ4n) is 3.36. The maximum Gasteiger partial charge on any atom is 0.258 e. The molecule has 2 atom stereocenters. The number of hydrogen-bond acceptors (Lipinski definition) is 4. The van der Waals surface area contributed by atoms with Gasteiger partial charge >= 0.3 is 0 Å². The predicted molar refractivity (Wildman–Crippen MR) is 74.9 cm³/mol. The van der Waals surface area contributed by atoms with Gasteiger partial charge in [0, 0.05) is 18.6 Å². The molecule has 3 rings (SSSR count). The van der Waals surface area contributed by atoms with E-state index in [-0.39, 0.29) is 29.0 Å². The predicted octanol–water partition coefficient (Wildman–Crippen LogP) is 1.45. The summed E-state index contributed by atoms with van der Waals surface area (Å²) in [6.45, 7) is 1.73. The number of aromatic hydroxyl groups is 2. The van der Waals surface area contributed by atoms with Crippen LogP contribution in [-0.4, -0.2) is 46.2 Å². The second-order valence-electron chi connectivity index (χ2n) is 5.58. The standard InChI is InChI=1S/C15H20N2O3/c18-13-7-1-4-10(14(13)19)15(20)17-9-3-6-12(17)11-5-2-8-16-11/h1,4,7,11-12,16,18-19H,2-3,5-6,8-9H2. The SMILES string of the molecule is O=C(c1cccc(O)c1O)N1CCCC1C1CCCN1. The molecular weight excluding hydrogens is 256 g/mol. The molecule has 0 spiro atoms. The normalized spacial score (nSPS) is 26.1. The number of benzene rings is 1. The molecule has 5 nitrogen and oxygen atoms in total. The highest BCUT2D eigenvalue weighted by Gasteiger charge is 2.37. The van der Waals surface area contributed by atoms with E-state index in [1.165, 1.54) is 6.07 Å². The molecule has 0 aliphatic carbocycles. The molecule has 2 fully saturated rings. The van der Waals surface area contributed by atoms with Gasteiger partial charge in [0.2, 0.25) is 0 Å². The minimum Gasteiger partial charge on any atom is -0.504 e. The Morgan fingerprint density at radius 2 is 2.10 bits per heavy atom. The highest BCUT2D eigenvalue weighted by Crippen LogP contribution is 2.32. The number of carbonyl (C=O) groups excluding carboxylic acids is 1. The van der Waals surface area contributed by atoms with E-state index in [2.05, 4.69) is 5.32 Å². The lowest BCUT2D eigenvalue weighted by Crippen LogP contribution is -2.46. The molecule has 0 bridgehead atoms. The van der Waals surface area contributed by atoms with Gasteiger partial charge in [-0.2, -0.15) is 0 Å². The van der Waals surface area contributed by atoms with Crippen molar-refractivity contribution in [3.8, 4) is 11.5 Å². The van der Waals surface area contributed by atoms with Crippen molar-refractivity contribution >= 4 is 5.91 Å². The van der Waals surface area contributed by atoms with Crippen molar-refractivity contribution in [1.29, 1.82) is 0 Å². The fourth-order valence-corrected chi connectivity index (χ4v) is 3.36. The maximum atomic E-state index is 12.6. The van der Waals surface area contributed by atoms with E-state index in [4.69, 9.17) is 0 Å². The Labute approximate surface area is 118 Å². The van der Waals surface area contributed by atoms with Gasteiger partial charge in [-0.1, -0.05) is 6.07 Å². The van der Waals surface area contributed by atoms with Crippen LogP contribution < -0.4 is 5.32 Å². The minimum absolute atomic E-state index is 0.186. The zero-order valence-electron chi connectivity index (χ0n) is 11.4. The van der Waals surface area contributed by atoms with Crippen LogP contribution in [-0.2, 0) is 0 Å². The fraction of sp³-hybridized carbons (Fsp3) is 0.533. The first kappa shape index (κ1) is 13.2. The van der Waals surface area contributed by atoms with Crippen LogP contribution in [0.5, 0.6) is 11.5 Å². The van der Waals surface area contributed by atoms with E-state index < -0.39 is 0 Å². The maximum absolute atomic E-state index is 12.6. The Hall–Kier alpha value is -1.75. The molecule has 2 saturated heterocycles. The summed E-state index contributed by atoms with van der Waals surface area (Å²) < 4.78 is 0. The van der Waals surface area contributed by atoms with Gasteiger partial charge in [-0.15, -0.1) is 0 Å². The molecule has 20 heavy (non-hydrogen) atoms. The molecule has 1 amide bonds. The number of rotatable bonds is 2. The molecule has 2 heterocycles. The van der Waals surface area contributed by atoms with Crippen molar-refractivity contribution in [2.75, 3.05) is 13.1 Å². The molecule has 2 unspecified atom stereocenters. The smallest absolute Gasteiger partial charge is 0.258 e. The van der Waals surface area contributed by atoms with Crippen LogP contribution in [0.3, 0.4) is 0 Å². The number of likely N-dealkylation sites (tertiary alicyclic amines) is 1. The minimum atomic E-state index is -0.317. The van der Waals surface area contributed by atoms with Crippen molar-refractivity contribution in [3.05, 3.63) is 23.8 Å². The second kappa shape index (κ2) is 5.32. The Kier molecular flexibility index (Phi) is 3.53. The van der Waals surface area contributed by atoms with Crippen LogP contribution in [0.1, 0.15) is 36.0 Å². The molecule has 2 aliphatic heterocycles. The summed E-state index contributed by atoms with van der Waals surface area (Å²) in [5.74, 6) is -0.747. The molecule has 0 aromatic heterocycles. The molecule has 0 saturated carbocycles. The quantitative estimate of drug-likeness (QED) is 0.715. The van der Waals surface area contributed by atoms with Crippen molar-refractivity contribution in [2.45, 2.75) is 37.8 Å². The monoisotopic (exact) mass is 276 g/mol. The lowest BCUT2D eigenvalue weighted by molar-refractivity contribution is 0.0707. The molecule has 0 radical (unpaired) electrons. The zero-order valence-corrected chi connectivity index (χ0v) is 11.4. The lowest BCUT2D eigenvalue weighted by Gasteiger charge is -2.29. The summed E-state index contributed by atoms with van der Waals surface area (Å²) in [5.41, 5.74) is 0.190. The molecule has 1 aromatic carbocycles. The third kappa shape index (κ3) is 2.22. The van der Waals surface area contributed by atoms with Gasteiger partial charge in [0.05, 0.1) is 5.56 Å². The van der Waals surface area contributed by atoms with Gasteiger partial charge in [-0.25, -0.2) is 0 Å². The zero-order chi connectivity index (χ0) is 14.1. The molecule has 2 aliphatic rings. The second-order valence-corrected chi connectivity index (χ2v) is 5.58. The van der Waals surface area contributed by atoms with Crippen LogP contribution in [0.25, 0.3) is 0 Å². The van der Waals surface area contributed by atoms with E-state index in [9.17, 15) is 15.0 Å². The number of amides is 1. The van der Waals surface area contributed by atoms with E-state index in [1.54, 1.807) is 12.1 Å². The Morgan fingerprint density at radius 3 is 2.85 bits per heavy atom. The summed E-state index contributed by atoms with van der Waals surface area (Å²) in [6, 6.07) is 5.09. The molecule has 1 aromatic rings. The highest BCUT2D eigenvalue weighted by atomic mass is 16.3. The van der Waals surface area contributed by atoms with Crippen molar-refractivity contribution < 1.29 is 15.0 Å². The number of phenolic OH excluding ortho intramolecular Hbond substituents is 2. The van der Waals surface area contributed by atoms with E-state index in [1.807, 2.05) is 4.90 Å². The molecule has 3 N–H and O–H groups in total. The van der Waals surface area contributed by atoms with Gasteiger partial charge in [0.1, 0.15) is 0 Å². The van der Waals surface area contributed by atoms with Crippen LogP contribution in [0, 0.1) is 0 Å². The number of para-hydroxylation sites is 1. The average Bonchev–Trinajstić information content (AvgIpc) is 3.10. The first-order valence-corrected chi connectivity index (χ1v) is 7.24. The van der Waals surface area contributed by atoms with E-state index in [0.29, 0.717) is 6.04 Å². The molecule has 108 valence electrons. The average molecular weight is 276 g/mol. The summed E-state index contributed by atoms with van der Waals surface area (Å²) in [4.78, 5) is 14.5. The Bertz CT molecular complexity index is 512. The Morgan fingerprint density at radius 1 is 1.25 bits per heavy atom.